The molecule has 0 spiro atoms. The summed E-state index contributed by atoms with van der Waals surface area (Å²) in [5, 5.41) is 4.06. The number of benzene rings is 1. The Morgan fingerprint density at radius 2 is 2.14 bits per heavy atom. The topological polar surface area (TPSA) is 64.6 Å². The second kappa shape index (κ2) is 12.7. The number of fused-ring (bicyclic) bond motifs is 1. The lowest BCUT2D eigenvalue weighted by molar-refractivity contribution is 0.0536. The van der Waals surface area contributed by atoms with Gasteiger partial charge in [-0.15, -0.1) is 24.0 Å². The monoisotopic (exact) mass is 539 g/mol. The molecule has 0 bridgehead atoms. The van der Waals surface area contributed by atoms with Gasteiger partial charge in [0.1, 0.15) is 13.2 Å². The van der Waals surface area contributed by atoms with Gasteiger partial charge in [-0.1, -0.05) is 11.6 Å². The summed E-state index contributed by atoms with van der Waals surface area (Å²) < 4.78 is 21.9. The maximum atomic E-state index is 6.32. The number of hydrogen-bond acceptors (Lipinski definition) is 5. The number of nitrogens with one attached hydrogen (secondary N) is 1. The number of hydrogen-bond donors (Lipinski definition) is 1. The van der Waals surface area contributed by atoms with E-state index in [1.807, 2.05) is 19.2 Å². The largest absolute Gasteiger partial charge is 0.486 e. The Kier molecular flexibility index (Phi) is 10.6. The minimum Gasteiger partial charge on any atom is -0.486 e. The van der Waals surface area contributed by atoms with E-state index in [2.05, 4.69) is 15.2 Å². The average Bonchev–Trinajstić information content (AvgIpc) is 3.17. The van der Waals surface area contributed by atoms with E-state index in [0.717, 1.165) is 56.4 Å². The molecule has 29 heavy (non-hydrogen) atoms. The highest BCUT2D eigenvalue weighted by Gasteiger charge is 2.25. The quantitative estimate of drug-likeness (QED) is 0.237. The molecule has 0 radical (unpaired) electrons. The van der Waals surface area contributed by atoms with Crippen LogP contribution in [0.25, 0.3) is 0 Å². The molecule has 1 saturated heterocycles. The number of halogens is 2. The van der Waals surface area contributed by atoms with Crippen LogP contribution in [0.4, 0.5) is 0 Å². The molecule has 1 unspecified atom stereocenters. The summed E-state index contributed by atoms with van der Waals surface area (Å²) in [5.41, 5.74) is 1.11. The molecule has 7 nitrogen and oxygen atoms in total. The Labute approximate surface area is 195 Å². The molecule has 3 rings (SSSR count). The minimum absolute atomic E-state index is 0. The second-order valence-corrected chi connectivity index (χ2v) is 7.40. The lowest BCUT2D eigenvalue weighted by Crippen LogP contribution is -2.41. The zero-order chi connectivity index (χ0) is 19.8. The van der Waals surface area contributed by atoms with Gasteiger partial charge in [0, 0.05) is 39.7 Å². The predicted octanol–water partition coefficient (Wildman–Crippen LogP) is 2.83. The van der Waals surface area contributed by atoms with Crippen LogP contribution >= 0.6 is 35.6 Å². The standard InChI is InChI=1S/C20H30ClN3O4.HI/c1-22-20(24-6-4-16(13-24)14-26-8-7-25-2)23-5-3-15-11-17(21)19-18(12-15)27-9-10-28-19;/h11-12,16H,3-10,13-14H2,1-2H3,(H,22,23);1H. The number of nitrogens with zero attached hydrogens (tertiary/aromatic N) is 2. The summed E-state index contributed by atoms with van der Waals surface area (Å²) in [6.07, 6.45) is 1.94. The molecule has 164 valence electrons. The summed E-state index contributed by atoms with van der Waals surface area (Å²) >= 11 is 6.32. The molecule has 9 heteroatoms. The van der Waals surface area contributed by atoms with Gasteiger partial charge in [-0.2, -0.15) is 0 Å². The lowest BCUT2D eigenvalue weighted by atomic mass is 10.1. The maximum absolute atomic E-state index is 6.32. The molecule has 0 aromatic heterocycles. The van der Waals surface area contributed by atoms with Crippen LogP contribution in [0.2, 0.25) is 5.02 Å². The van der Waals surface area contributed by atoms with Gasteiger partial charge >= 0.3 is 0 Å². The molecular weight excluding hydrogens is 509 g/mol. The summed E-state index contributed by atoms with van der Waals surface area (Å²) in [4.78, 5) is 6.73. The van der Waals surface area contributed by atoms with Crippen LogP contribution in [0.5, 0.6) is 11.5 Å². The zero-order valence-corrected chi connectivity index (χ0v) is 20.2. The normalized spacial score (nSPS) is 18.5. The van der Waals surface area contributed by atoms with Gasteiger partial charge in [-0.05, 0) is 30.5 Å². The van der Waals surface area contributed by atoms with Crippen LogP contribution in [-0.4, -0.2) is 77.7 Å². The molecule has 0 saturated carbocycles. The van der Waals surface area contributed by atoms with Crippen molar-refractivity contribution in [1.29, 1.82) is 0 Å². The first kappa shape index (κ1) is 24.3. The smallest absolute Gasteiger partial charge is 0.193 e. The molecule has 0 amide bonds. The predicted molar refractivity (Wildman–Crippen MR) is 125 cm³/mol. The Hall–Kier alpha value is -0.970. The molecule has 1 N–H and O–H groups in total. The van der Waals surface area contributed by atoms with E-state index in [4.69, 9.17) is 30.5 Å². The molecule has 2 aliphatic heterocycles. The number of rotatable bonds is 8. The van der Waals surface area contributed by atoms with E-state index in [1.165, 1.54) is 0 Å². The van der Waals surface area contributed by atoms with Crippen LogP contribution in [0.3, 0.4) is 0 Å². The molecule has 2 aliphatic rings. The van der Waals surface area contributed by atoms with Crippen molar-refractivity contribution in [3.05, 3.63) is 22.7 Å². The number of guanidine groups is 1. The molecule has 1 fully saturated rings. The fraction of sp³-hybridized carbons (Fsp3) is 0.650. The SMILES string of the molecule is CN=C(NCCc1cc(Cl)c2c(c1)OCCO2)N1CCC(COCCOC)C1.I. The van der Waals surface area contributed by atoms with Crippen molar-refractivity contribution in [2.24, 2.45) is 10.9 Å². The van der Waals surface area contributed by atoms with E-state index >= 15 is 0 Å². The van der Waals surface area contributed by atoms with E-state index in [9.17, 15) is 0 Å². The highest BCUT2D eigenvalue weighted by Crippen LogP contribution is 2.38. The fourth-order valence-corrected chi connectivity index (χ4v) is 3.80. The summed E-state index contributed by atoms with van der Waals surface area (Å²) in [6.45, 7) is 5.89. The maximum Gasteiger partial charge on any atom is 0.193 e. The van der Waals surface area contributed by atoms with Crippen molar-refractivity contribution >= 4 is 41.5 Å². The van der Waals surface area contributed by atoms with Gasteiger partial charge in [0.05, 0.1) is 24.8 Å². The third-order valence-electron chi connectivity index (χ3n) is 4.94. The number of likely N-dealkylation sites (tertiary alicyclic amines) is 1. The number of aliphatic imine (C=N–C) groups is 1. The van der Waals surface area contributed by atoms with Gasteiger partial charge in [-0.3, -0.25) is 4.99 Å². The van der Waals surface area contributed by atoms with Crippen LogP contribution in [0.1, 0.15) is 12.0 Å². The summed E-state index contributed by atoms with van der Waals surface area (Å²) in [7, 11) is 3.51. The second-order valence-electron chi connectivity index (χ2n) is 6.99. The summed E-state index contributed by atoms with van der Waals surface area (Å²) in [6, 6.07) is 3.96. The highest BCUT2D eigenvalue weighted by molar-refractivity contribution is 14.0. The van der Waals surface area contributed by atoms with Crippen molar-refractivity contribution < 1.29 is 18.9 Å². The average molecular weight is 540 g/mol. The van der Waals surface area contributed by atoms with Gasteiger partial charge in [0.15, 0.2) is 17.5 Å². The molecule has 1 atom stereocenters. The van der Waals surface area contributed by atoms with Crippen LogP contribution in [-0.2, 0) is 15.9 Å². The molecule has 0 aliphatic carbocycles. The van der Waals surface area contributed by atoms with Crippen molar-refractivity contribution in [2.75, 3.05) is 66.8 Å². The number of ether oxygens (including phenoxy) is 4. The highest BCUT2D eigenvalue weighted by atomic mass is 127. The van der Waals surface area contributed by atoms with Crippen LogP contribution < -0.4 is 14.8 Å². The third-order valence-corrected chi connectivity index (χ3v) is 5.22. The first-order chi connectivity index (χ1) is 13.7. The van der Waals surface area contributed by atoms with Crippen molar-refractivity contribution in [3.8, 4) is 11.5 Å². The van der Waals surface area contributed by atoms with Gasteiger partial charge in [0.2, 0.25) is 0 Å². The minimum atomic E-state index is 0. The first-order valence-corrected chi connectivity index (χ1v) is 10.2. The molecular formula is C20H31ClIN3O4. The van der Waals surface area contributed by atoms with Gasteiger partial charge < -0.3 is 29.2 Å². The molecule has 1 aromatic carbocycles. The summed E-state index contributed by atoms with van der Waals surface area (Å²) in [5.74, 6) is 2.85. The van der Waals surface area contributed by atoms with Crippen molar-refractivity contribution in [2.45, 2.75) is 12.8 Å². The van der Waals surface area contributed by atoms with Gasteiger partial charge in [-0.25, -0.2) is 0 Å². The van der Waals surface area contributed by atoms with E-state index in [0.29, 0.717) is 43.1 Å². The van der Waals surface area contributed by atoms with Crippen LogP contribution in [0, 0.1) is 5.92 Å². The first-order valence-electron chi connectivity index (χ1n) is 9.81. The number of methoxy groups -OCH3 is 1. The van der Waals surface area contributed by atoms with E-state index in [-0.39, 0.29) is 24.0 Å². The zero-order valence-electron chi connectivity index (χ0n) is 17.1. The van der Waals surface area contributed by atoms with Crippen LogP contribution in [0.15, 0.2) is 17.1 Å². The fourth-order valence-electron chi connectivity index (χ4n) is 3.51. The Bertz CT molecular complexity index is 677. The Morgan fingerprint density at radius 1 is 1.31 bits per heavy atom. The van der Waals surface area contributed by atoms with E-state index < -0.39 is 0 Å². The Balaban J connectivity index is 0.00000300. The third kappa shape index (κ3) is 7.04. The van der Waals surface area contributed by atoms with Crippen molar-refractivity contribution in [3.63, 3.8) is 0 Å². The Morgan fingerprint density at radius 3 is 2.93 bits per heavy atom. The van der Waals surface area contributed by atoms with Crippen molar-refractivity contribution in [1.82, 2.24) is 10.2 Å². The molecule has 1 aromatic rings. The van der Waals surface area contributed by atoms with Gasteiger partial charge in [0.25, 0.3) is 0 Å². The molecule has 2 heterocycles. The van der Waals surface area contributed by atoms with E-state index in [1.54, 1.807) is 7.11 Å². The lowest BCUT2D eigenvalue weighted by Gasteiger charge is -2.22.